The van der Waals surface area contributed by atoms with E-state index in [1.807, 2.05) is 24.3 Å². The molecule has 164 valence electrons. The van der Waals surface area contributed by atoms with Gasteiger partial charge in [-0.3, -0.25) is 4.79 Å². The largest absolute Gasteiger partial charge is 0.507 e. The van der Waals surface area contributed by atoms with E-state index in [0.717, 1.165) is 10.8 Å². The first-order valence-electron chi connectivity index (χ1n) is 9.73. The molecule has 2 N–H and O–H groups in total. The number of phenolic OH excluding ortho intramolecular Hbond substituents is 1. The van der Waals surface area contributed by atoms with Gasteiger partial charge in [0.05, 0.1) is 22.4 Å². The van der Waals surface area contributed by atoms with Crippen LogP contribution < -0.4 is 10.2 Å². The number of carbonyl (C=O) groups excluding carboxylic acids is 2. The molecule has 0 fully saturated rings. The average molecular weight is 479 g/mol. The summed E-state index contributed by atoms with van der Waals surface area (Å²) in [6.45, 7) is 0. The Morgan fingerprint density at radius 2 is 1.64 bits per heavy atom. The smallest absolute Gasteiger partial charge is 0.345 e. The highest BCUT2D eigenvalue weighted by Gasteiger charge is 2.14. The van der Waals surface area contributed by atoms with Gasteiger partial charge < -0.3 is 9.84 Å². The highest BCUT2D eigenvalue weighted by Crippen LogP contribution is 2.25. The van der Waals surface area contributed by atoms with Gasteiger partial charge in [-0.05, 0) is 58.8 Å². The number of halogens is 2. The van der Waals surface area contributed by atoms with Gasteiger partial charge in [0.15, 0.2) is 0 Å². The molecule has 0 spiro atoms. The van der Waals surface area contributed by atoms with E-state index in [4.69, 9.17) is 27.9 Å². The standard InChI is InChI=1S/C25H16Cl2N2O4/c26-18-8-9-20(22(27)13-18)25(32)33-19-7-3-4-15(10-19)14-28-29-24(31)21-11-16-5-1-2-6-17(16)12-23(21)30/h1-14,30H,(H,29,31)/b28-14+. The number of rotatable bonds is 5. The van der Waals surface area contributed by atoms with E-state index >= 15 is 0 Å². The van der Waals surface area contributed by atoms with Crippen LogP contribution in [0, 0.1) is 0 Å². The van der Waals surface area contributed by atoms with Crippen LogP contribution in [-0.2, 0) is 0 Å². The molecule has 1 amide bonds. The molecule has 33 heavy (non-hydrogen) atoms. The van der Waals surface area contributed by atoms with Crippen LogP contribution >= 0.6 is 23.2 Å². The van der Waals surface area contributed by atoms with Gasteiger partial charge in [-0.2, -0.15) is 5.10 Å². The molecule has 4 rings (SSSR count). The minimum atomic E-state index is -0.633. The highest BCUT2D eigenvalue weighted by molar-refractivity contribution is 6.36. The van der Waals surface area contributed by atoms with Gasteiger partial charge in [0.25, 0.3) is 5.91 Å². The quantitative estimate of drug-likeness (QED) is 0.163. The summed E-state index contributed by atoms with van der Waals surface area (Å²) >= 11 is 11.9. The molecular formula is C25H16Cl2N2O4. The third-order valence-corrected chi connectivity index (χ3v) is 5.26. The molecule has 0 saturated heterocycles. The third kappa shape index (κ3) is 5.31. The van der Waals surface area contributed by atoms with Crippen molar-refractivity contribution < 1.29 is 19.4 Å². The van der Waals surface area contributed by atoms with E-state index in [0.29, 0.717) is 10.6 Å². The second-order valence-corrected chi connectivity index (χ2v) is 7.85. The fourth-order valence-corrected chi connectivity index (χ4v) is 3.60. The second-order valence-electron chi connectivity index (χ2n) is 7.00. The molecule has 0 saturated carbocycles. The van der Waals surface area contributed by atoms with Crippen molar-refractivity contribution in [3.05, 3.63) is 106 Å². The second kappa shape index (κ2) is 9.73. The number of fused-ring (bicyclic) bond motifs is 1. The van der Waals surface area contributed by atoms with Gasteiger partial charge in [0.2, 0.25) is 0 Å². The number of amides is 1. The van der Waals surface area contributed by atoms with Crippen molar-refractivity contribution in [3.63, 3.8) is 0 Å². The molecule has 0 atom stereocenters. The Balaban J connectivity index is 1.44. The molecular weight excluding hydrogens is 463 g/mol. The predicted molar refractivity (Wildman–Crippen MR) is 129 cm³/mol. The number of benzene rings is 4. The van der Waals surface area contributed by atoms with Crippen LogP contribution in [0.1, 0.15) is 26.3 Å². The number of nitrogens with one attached hydrogen (secondary N) is 1. The topological polar surface area (TPSA) is 88.0 Å². The van der Waals surface area contributed by atoms with E-state index in [1.54, 1.807) is 36.4 Å². The maximum absolute atomic E-state index is 12.4. The molecule has 0 aliphatic rings. The number of aromatic hydroxyl groups is 1. The molecule has 6 nitrogen and oxygen atoms in total. The monoisotopic (exact) mass is 478 g/mol. The lowest BCUT2D eigenvalue weighted by Gasteiger charge is -2.07. The maximum Gasteiger partial charge on any atom is 0.345 e. The van der Waals surface area contributed by atoms with Gasteiger partial charge in [-0.15, -0.1) is 0 Å². The lowest BCUT2D eigenvalue weighted by molar-refractivity contribution is 0.0734. The molecule has 4 aromatic carbocycles. The Bertz CT molecular complexity index is 1400. The number of esters is 1. The van der Waals surface area contributed by atoms with Gasteiger partial charge >= 0.3 is 5.97 Å². The first-order valence-corrected chi connectivity index (χ1v) is 10.5. The Labute approximate surface area is 199 Å². The lowest BCUT2D eigenvalue weighted by atomic mass is 10.1. The number of nitrogens with zero attached hydrogens (tertiary/aromatic N) is 1. The van der Waals surface area contributed by atoms with Crippen molar-refractivity contribution in [1.82, 2.24) is 5.43 Å². The molecule has 0 bridgehead atoms. The van der Waals surface area contributed by atoms with E-state index in [-0.39, 0.29) is 27.6 Å². The zero-order valence-electron chi connectivity index (χ0n) is 17.0. The zero-order chi connectivity index (χ0) is 23.4. The summed E-state index contributed by atoms with van der Waals surface area (Å²) in [6.07, 6.45) is 1.39. The van der Waals surface area contributed by atoms with E-state index in [1.165, 1.54) is 24.4 Å². The molecule has 0 aliphatic heterocycles. The summed E-state index contributed by atoms with van der Waals surface area (Å²) in [5.74, 6) is -1.06. The SMILES string of the molecule is O=C(N/N=C/c1cccc(OC(=O)c2ccc(Cl)cc2Cl)c1)c1cc2ccccc2cc1O. The van der Waals surface area contributed by atoms with Crippen LogP contribution in [0.2, 0.25) is 10.0 Å². The number of hydrogen-bond donors (Lipinski definition) is 2. The van der Waals surface area contributed by atoms with Crippen molar-refractivity contribution in [1.29, 1.82) is 0 Å². The van der Waals surface area contributed by atoms with Gasteiger partial charge in [0, 0.05) is 5.02 Å². The molecule has 0 unspecified atom stereocenters. The Morgan fingerprint density at radius 1 is 0.879 bits per heavy atom. The van der Waals surface area contributed by atoms with Crippen molar-refractivity contribution in [2.45, 2.75) is 0 Å². The predicted octanol–water partition coefficient (Wildman–Crippen LogP) is 5.84. The molecule has 0 aliphatic carbocycles. The van der Waals surface area contributed by atoms with Gasteiger partial charge in [-0.1, -0.05) is 59.6 Å². The molecule has 0 radical (unpaired) electrons. The first kappa shape index (κ1) is 22.3. The summed E-state index contributed by atoms with van der Waals surface area (Å²) in [4.78, 5) is 24.8. The van der Waals surface area contributed by atoms with Gasteiger partial charge in [-0.25, -0.2) is 10.2 Å². The Morgan fingerprint density at radius 3 is 2.39 bits per heavy atom. The van der Waals surface area contributed by atoms with Crippen molar-refractivity contribution >= 4 is 52.1 Å². The number of hydrazone groups is 1. The third-order valence-electron chi connectivity index (χ3n) is 4.71. The normalized spacial score (nSPS) is 11.0. The zero-order valence-corrected chi connectivity index (χ0v) is 18.5. The first-order chi connectivity index (χ1) is 15.9. The number of hydrogen-bond acceptors (Lipinski definition) is 5. The average Bonchev–Trinajstić information content (AvgIpc) is 2.78. The van der Waals surface area contributed by atoms with E-state index in [9.17, 15) is 14.7 Å². The molecule has 8 heteroatoms. The van der Waals surface area contributed by atoms with Crippen LogP contribution in [0.25, 0.3) is 10.8 Å². The van der Waals surface area contributed by atoms with Crippen molar-refractivity contribution in [2.24, 2.45) is 5.10 Å². The summed E-state index contributed by atoms with van der Waals surface area (Å²) in [6, 6.07) is 21.6. The Kier molecular flexibility index (Phi) is 6.58. The van der Waals surface area contributed by atoms with Crippen LogP contribution in [0.15, 0.2) is 84.0 Å². The minimum Gasteiger partial charge on any atom is -0.507 e. The van der Waals surface area contributed by atoms with Crippen LogP contribution in [-0.4, -0.2) is 23.2 Å². The summed E-state index contributed by atoms with van der Waals surface area (Å²) < 4.78 is 5.37. The number of carbonyl (C=O) groups is 2. The fraction of sp³-hybridized carbons (Fsp3) is 0. The number of ether oxygens (including phenoxy) is 1. The van der Waals surface area contributed by atoms with Crippen molar-refractivity contribution in [3.8, 4) is 11.5 Å². The Hall–Kier alpha value is -3.87. The lowest BCUT2D eigenvalue weighted by Crippen LogP contribution is -2.17. The number of phenols is 1. The van der Waals surface area contributed by atoms with E-state index in [2.05, 4.69) is 10.5 Å². The molecule has 4 aromatic rings. The summed E-state index contributed by atoms with van der Waals surface area (Å²) in [7, 11) is 0. The minimum absolute atomic E-state index is 0.105. The maximum atomic E-state index is 12.4. The molecule has 0 aromatic heterocycles. The molecule has 0 heterocycles. The summed E-state index contributed by atoms with van der Waals surface area (Å²) in [5.41, 5.74) is 3.25. The van der Waals surface area contributed by atoms with Crippen molar-refractivity contribution in [2.75, 3.05) is 0 Å². The van der Waals surface area contributed by atoms with Crippen LogP contribution in [0.5, 0.6) is 11.5 Å². The highest BCUT2D eigenvalue weighted by atomic mass is 35.5. The van der Waals surface area contributed by atoms with Crippen LogP contribution in [0.4, 0.5) is 0 Å². The fourth-order valence-electron chi connectivity index (χ4n) is 3.11. The summed E-state index contributed by atoms with van der Waals surface area (Å²) in [5, 5.41) is 16.3. The van der Waals surface area contributed by atoms with E-state index < -0.39 is 11.9 Å². The van der Waals surface area contributed by atoms with Gasteiger partial charge in [0.1, 0.15) is 11.5 Å². The van der Waals surface area contributed by atoms with Crippen LogP contribution in [0.3, 0.4) is 0 Å².